The monoisotopic (exact) mass is 187 g/mol. The van der Waals surface area contributed by atoms with Gasteiger partial charge in [-0.3, -0.25) is 0 Å². The van der Waals surface area contributed by atoms with Crippen molar-refractivity contribution in [3.63, 3.8) is 0 Å². The van der Waals surface area contributed by atoms with Gasteiger partial charge < -0.3 is 15.2 Å². The summed E-state index contributed by atoms with van der Waals surface area (Å²) in [6.07, 6.45) is -0.348. The molecule has 1 aliphatic rings. The second-order valence-electron chi connectivity index (χ2n) is 3.78. The Morgan fingerprint density at radius 2 is 2.46 bits per heavy atom. The fourth-order valence-corrected chi connectivity index (χ4v) is 1.68. The summed E-state index contributed by atoms with van der Waals surface area (Å²) < 4.78 is 4.91. The second kappa shape index (κ2) is 4.46. The zero-order valence-corrected chi connectivity index (χ0v) is 8.12. The van der Waals surface area contributed by atoms with Crippen LogP contribution in [0.1, 0.15) is 13.8 Å². The number of hydrogen-bond donors (Lipinski definition) is 2. The van der Waals surface area contributed by atoms with Gasteiger partial charge in [0.25, 0.3) is 0 Å². The van der Waals surface area contributed by atoms with E-state index < -0.39 is 0 Å². The minimum absolute atomic E-state index is 0.158. The van der Waals surface area contributed by atoms with Gasteiger partial charge in [-0.15, -0.1) is 0 Å². The number of cyclic esters (lactones) is 1. The molecule has 3 atom stereocenters. The van der Waals surface area contributed by atoms with Crippen LogP contribution < -0.4 is 5.32 Å². The fraction of sp³-hybridized carbons (Fsp3) is 0.889. The van der Waals surface area contributed by atoms with Gasteiger partial charge in [0.2, 0.25) is 0 Å². The van der Waals surface area contributed by atoms with Crippen LogP contribution in [0.25, 0.3) is 0 Å². The first kappa shape index (κ1) is 10.3. The van der Waals surface area contributed by atoms with E-state index in [1.807, 2.05) is 13.8 Å². The summed E-state index contributed by atoms with van der Waals surface area (Å²) in [5.74, 6) is 0.814. The van der Waals surface area contributed by atoms with Crippen LogP contribution in [0.4, 0.5) is 4.79 Å². The average molecular weight is 187 g/mol. The van der Waals surface area contributed by atoms with E-state index in [1.165, 1.54) is 0 Å². The van der Waals surface area contributed by atoms with E-state index in [0.29, 0.717) is 25.0 Å². The number of aliphatic hydroxyl groups excluding tert-OH is 1. The minimum Gasteiger partial charge on any atom is -0.449 e. The molecule has 0 radical (unpaired) electrons. The number of nitrogens with one attached hydrogen (secondary N) is 1. The highest BCUT2D eigenvalue weighted by Crippen LogP contribution is 2.22. The van der Waals surface area contributed by atoms with Crippen LogP contribution in [0.3, 0.4) is 0 Å². The lowest BCUT2D eigenvalue weighted by Crippen LogP contribution is -2.32. The van der Waals surface area contributed by atoms with E-state index in [2.05, 4.69) is 5.32 Å². The number of aliphatic hydroxyl groups is 1. The van der Waals surface area contributed by atoms with E-state index in [9.17, 15) is 4.79 Å². The molecule has 0 aliphatic carbocycles. The molecular formula is C9H17NO3. The standard InChI is InChI=1S/C9H17NO3/c1-6(4-11)8-3-10-9(12)13-5-7(8)2/h6-8,11H,3-5H2,1-2H3,(H,10,12)/t6?,7-,8?/m0/s1. The number of carbonyl (C=O) groups is 1. The Morgan fingerprint density at radius 3 is 3.08 bits per heavy atom. The number of ether oxygens (including phenoxy) is 1. The molecule has 0 bridgehead atoms. The van der Waals surface area contributed by atoms with Gasteiger partial charge in [-0.25, -0.2) is 4.79 Å². The van der Waals surface area contributed by atoms with Crippen molar-refractivity contribution in [1.82, 2.24) is 5.32 Å². The molecule has 2 N–H and O–H groups in total. The Morgan fingerprint density at radius 1 is 1.77 bits per heavy atom. The van der Waals surface area contributed by atoms with Crippen molar-refractivity contribution in [3.05, 3.63) is 0 Å². The molecule has 76 valence electrons. The molecule has 1 heterocycles. The molecule has 0 spiro atoms. The maximum atomic E-state index is 10.9. The molecule has 0 aromatic carbocycles. The summed E-state index contributed by atoms with van der Waals surface area (Å²) in [5.41, 5.74) is 0. The van der Waals surface area contributed by atoms with E-state index in [0.717, 1.165) is 0 Å². The molecule has 0 saturated carbocycles. The molecule has 0 aromatic rings. The zero-order valence-electron chi connectivity index (χ0n) is 8.12. The summed E-state index contributed by atoms with van der Waals surface area (Å²) in [7, 11) is 0. The van der Waals surface area contributed by atoms with Gasteiger partial charge in [-0.1, -0.05) is 13.8 Å². The number of amides is 1. The lowest BCUT2D eigenvalue weighted by atomic mass is 9.84. The van der Waals surface area contributed by atoms with Gasteiger partial charge in [0.1, 0.15) is 0 Å². The zero-order chi connectivity index (χ0) is 9.84. The summed E-state index contributed by atoms with van der Waals surface area (Å²) in [4.78, 5) is 10.9. The molecule has 4 heteroatoms. The lowest BCUT2D eigenvalue weighted by Gasteiger charge is -2.24. The highest BCUT2D eigenvalue weighted by Gasteiger charge is 2.27. The van der Waals surface area contributed by atoms with Gasteiger partial charge in [0.15, 0.2) is 0 Å². The Bertz CT molecular complexity index is 184. The van der Waals surface area contributed by atoms with Crippen LogP contribution >= 0.6 is 0 Å². The van der Waals surface area contributed by atoms with Gasteiger partial charge in [-0.05, 0) is 17.8 Å². The van der Waals surface area contributed by atoms with Gasteiger partial charge in [0.05, 0.1) is 6.61 Å². The molecule has 0 aromatic heterocycles. The SMILES string of the molecule is CC(CO)C1CNC(=O)OC[C@@H]1C. The quantitative estimate of drug-likeness (QED) is 0.665. The van der Waals surface area contributed by atoms with Crippen molar-refractivity contribution in [3.8, 4) is 0 Å². The van der Waals surface area contributed by atoms with Crippen molar-refractivity contribution in [1.29, 1.82) is 0 Å². The maximum Gasteiger partial charge on any atom is 0.407 e. The van der Waals surface area contributed by atoms with Gasteiger partial charge in [0, 0.05) is 13.2 Å². The highest BCUT2D eigenvalue weighted by molar-refractivity contribution is 5.67. The van der Waals surface area contributed by atoms with Crippen molar-refractivity contribution in [2.45, 2.75) is 13.8 Å². The van der Waals surface area contributed by atoms with Crippen molar-refractivity contribution >= 4 is 6.09 Å². The third kappa shape index (κ3) is 2.59. The predicted octanol–water partition coefficient (Wildman–Crippen LogP) is 0.607. The van der Waals surface area contributed by atoms with Crippen LogP contribution in [0, 0.1) is 17.8 Å². The third-order valence-electron chi connectivity index (χ3n) is 2.71. The average Bonchev–Trinajstić information content (AvgIpc) is 2.28. The minimum atomic E-state index is -0.348. The normalized spacial score (nSPS) is 31.5. The highest BCUT2D eigenvalue weighted by atomic mass is 16.5. The Labute approximate surface area is 78.3 Å². The second-order valence-corrected chi connectivity index (χ2v) is 3.78. The van der Waals surface area contributed by atoms with Crippen molar-refractivity contribution in [2.24, 2.45) is 17.8 Å². The summed E-state index contributed by atoms with van der Waals surface area (Å²) in [6.45, 7) is 5.23. The third-order valence-corrected chi connectivity index (χ3v) is 2.71. The fourth-order valence-electron chi connectivity index (χ4n) is 1.68. The van der Waals surface area contributed by atoms with Crippen molar-refractivity contribution < 1.29 is 14.6 Å². The Hall–Kier alpha value is -0.770. The molecule has 1 amide bonds. The van der Waals surface area contributed by atoms with E-state index in [4.69, 9.17) is 9.84 Å². The first-order chi connectivity index (χ1) is 6.15. The van der Waals surface area contributed by atoms with Crippen LogP contribution in [-0.4, -0.2) is 31.0 Å². The molecule has 2 unspecified atom stereocenters. The van der Waals surface area contributed by atoms with Crippen LogP contribution in [0.15, 0.2) is 0 Å². The summed E-state index contributed by atoms with van der Waals surface area (Å²) in [5, 5.41) is 11.7. The first-order valence-electron chi connectivity index (χ1n) is 4.66. The van der Waals surface area contributed by atoms with Crippen molar-refractivity contribution in [2.75, 3.05) is 19.8 Å². The topological polar surface area (TPSA) is 58.6 Å². The molecule has 1 saturated heterocycles. The Balaban J connectivity index is 2.56. The lowest BCUT2D eigenvalue weighted by molar-refractivity contribution is 0.114. The van der Waals surface area contributed by atoms with Gasteiger partial charge >= 0.3 is 6.09 Å². The summed E-state index contributed by atoms with van der Waals surface area (Å²) in [6, 6.07) is 0. The van der Waals surface area contributed by atoms with Crippen LogP contribution in [-0.2, 0) is 4.74 Å². The molecular weight excluding hydrogens is 170 g/mol. The molecule has 1 aliphatic heterocycles. The van der Waals surface area contributed by atoms with Crippen LogP contribution in [0.5, 0.6) is 0 Å². The smallest absolute Gasteiger partial charge is 0.407 e. The van der Waals surface area contributed by atoms with Crippen LogP contribution in [0.2, 0.25) is 0 Å². The number of alkyl carbamates (subject to hydrolysis) is 1. The summed E-state index contributed by atoms with van der Waals surface area (Å²) >= 11 is 0. The Kier molecular flexibility index (Phi) is 3.54. The molecule has 1 fully saturated rings. The number of carbonyl (C=O) groups excluding carboxylic acids is 1. The van der Waals surface area contributed by atoms with E-state index in [1.54, 1.807) is 0 Å². The van der Waals surface area contributed by atoms with E-state index >= 15 is 0 Å². The van der Waals surface area contributed by atoms with Gasteiger partial charge in [-0.2, -0.15) is 0 Å². The predicted molar refractivity (Wildman–Crippen MR) is 48.3 cm³/mol. The molecule has 13 heavy (non-hydrogen) atoms. The van der Waals surface area contributed by atoms with E-state index in [-0.39, 0.29) is 18.6 Å². The maximum absolute atomic E-state index is 10.9. The largest absolute Gasteiger partial charge is 0.449 e. The first-order valence-corrected chi connectivity index (χ1v) is 4.66. The number of hydrogen-bond acceptors (Lipinski definition) is 3. The number of rotatable bonds is 2. The molecule has 4 nitrogen and oxygen atoms in total. The molecule has 1 rings (SSSR count).